The van der Waals surface area contributed by atoms with Crippen molar-refractivity contribution < 1.29 is 4.79 Å². The molecule has 0 unspecified atom stereocenters. The first-order valence-corrected chi connectivity index (χ1v) is 6.64. The Hall–Kier alpha value is -2.66. The van der Waals surface area contributed by atoms with E-state index in [9.17, 15) is 4.79 Å². The fourth-order valence-corrected chi connectivity index (χ4v) is 1.96. The minimum atomic E-state index is -0.245. The van der Waals surface area contributed by atoms with Gasteiger partial charge in [-0.05, 0) is 48.5 Å². The molecule has 0 atom stereocenters. The molecule has 0 radical (unpaired) electrons. The van der Waals surface area contributed by atoms with Gasteiger partial charge in [-0.3, -0.25) is 4.79 Å². The number of hydrogen-bond donors (Lipinski definition) is 1. The number of benzene rings is 1. The van der Waals surface area contributed by atoms with Crippen LogP contribution in [0.25, 0.3) is 5.69 Å². The maximum absolute atomic E-state index is 12.1. The Bertz CT molecular complexity index is 736. The quantitative estimate of drug-likeness (QED) is 0.808. The number of anilines is 1. The normalized spacial score (nSPS) is 10.3. The third-order valence-corrected chi connectivity index (χ3v) is 3.11. The van der Waals surface area contributed by atoms with Crippen molar-refractivity contribution in [1.82, 2.24) is 14.8 Å². The number of halogens is 1. The van der Waals surface area contributed by atoms with Crippen molar-refractivity contribution in [2.24, 2.45) is 0 Å². The van der Waals surface area contributed by atoms with Gasteiger partial charge in [-0.25, -0.2) is 0 Å². The molecule has 1 amide bonds. The van der Waals surface area contributed by atoms with E-state index in [-0.39, 0.29) is 11.1 Å². The van der Waals surface area contributed by atoms with Gasteiger partial charge in [0.15, 0.2) is 11.0 Å². The lowest BCUT2D eigenvalue weighted by atomic mass is 10.2. The van der Waals surface area contributed by atoms with Gasteiger partial charge in [0.2, 0.25) is 0 Å². The molecule has 0 aliphatic rings. The lowest BCUT2D eigenvalue weighted by molar-refractivity contribution is 0.102. The van der Waals surface area contributed by atoms with Gasteiger partial charge in [0.1, 0.15) is 0 Å². The summed E-state index contributed by atoms with van der Waals surface area (Å²) in [5.41, 5.74) is 1.53. The standard InChI is InChI=1S/C15H11ClN4O/c16-13-7-8-14(19-18-13)17-15(21)11-3-5-12(6-4-11)20-9-1-2-10-20/h1-10H,(H,17,19,21). The zero-order chi connectivity index (χ0) is 14.7. The second kappa shape index (κ2) is 5.76. The van der Waals surface area contributed by atoms with E-state index in [0.29, 0.717) is 11.4 Å². The molecule has 6 heteroatoms. The second-order valence-electron chi connectivity index (χ2n) is 4.33. The predicted molar refractivity (Wildman–Crippen MR) is 80.8 cm³/mol. The number of hydrogen-bond acceptors (Lipinski definition) is 3. The summed E-state index contributed by atoms with van der Waals surface area (Å²) < 4.78 is 1.96. The van der Waals surface area contributed by atoms with Crippen LogP contribution >= 0.6 is 11.6 Å². The highest BCUT2D eigenvalue weighted by Crippen LogP contribution is 2.12. The van der Waals surface area contributed by atoms with Crippen LogP contribution in [0.2, 0.25) is 5.15 Å². The summed E-state index contributed by atoms with van der Waals surface area (Å²) in [7, 11) is 0. The van der Waals surface area contributed by atoms with E-state index in [1.54, 1.807) is 24.3 Å². The smallest absolute Gasteiger partial charge is 0.256 e. The van der Waals surface area contributed by atoms with Crippen LogP contribution in [-0.2, 0) is 0 Å². The van der Waals surface area contributed by atoms with Gasteiger partial charge in [0.05, 0.1) is 0 Å². The van der Waals surface area contributed by atoms with Crippen molar-refractivity contribution in [2.45, 2.75) is 0 Å². The average Bonchev–Trinajstić information content (AvgIpc) is 3.04. The Kier molecular flexibility index (Phi) is 3.66. The Balaban J connectivity index is 1.74. The van der Waals surface area contributed by atoms with Crippen LogP contribution in [-0.4, -0.2) is 20.7 Å². The van der Waals surface area contributed by atoms with Gasteiger partial charge >= 0.3 is 0 Å². The molecule has 21 heavy (non-hydrogen) atoms. The highest BCUT2D eigenvalue weighted by molar-refractivity contribution is 6.29. The van der Waals surface area contributed by atoms with Crippen molar-refractivity contribution >= 4 is 23.3 Å². The topological polar surface area (TPSA) is 59.8 Å². The summed E-state index contributed by atoms with van der Waals surface area (Å²) in [5, 5.41) is 10.4. The fraction of sp³-hybridized carbons (Fsp3) is 0. The minimum absolute atomic E-state index is 0.245. The van der Waals surface area contributed by atoms with E-state index in [2.05, 4.69) is 15.5 Å². The molecule has 104 valence electrons. The molecule has 0 aliphatic carbocycles. The average molecular weight is 299 g/mol. The first kappa shape index (κ1) is 13.3. The van der Waals surface area contributed by atoms with E-state index in [4.69, 9.17) is 11.6 Å². The molecule has 1 aromatic carbocycles. The van der Waals surface area contributed by atoms with Gasteiger partial charge in [0, 0.05) is 23.6 Å². The van der Waals surface area contributed by atoms with Gasteiger partial charge in [0.25, 0.3) is 5.91 Å². The Morgan fingerprint density at radius 2 is 1.71 bits per heavy atom. The molecule has 2 heterocycles. The van der Waals surface area contributed by atoms with Crippen LogP contribution < -0.4 is 5.32 Å². The predicted octanol–water partition coefficient (Wildman–Crippen LogP) is 3.17. The first-order chi connectivity index (χ1) is 10.2. The van der Waals surface area contributed by atoms with Gasteiger partial charge in [-0.1, -0.05) is 11.6 Å². The fourth-order valence-electron chi connectivity index (χ4n) is 1.86. The van der Waals surface area contributed by atoms with Gasteiger partial charge < -0.3 is 9.88 Å². The number of carbonyl (C=O) groups is 1. The largest absolute Gasteiger partial charge is 0.324 e. The number of rotatable bonds is 3. The van der Waals surface area contributed by atoms with Gasteiger partial charge in [-0.15, -0.1) is 10.2 Å². The summed E-state index contributed by atoms with van der Waals surface area (Å²) in [5.74, 6) is 0.115. The molecule has 3 rings (SSSR count). The zero-order valence-corrected chi connectivity index (χ0v) is 11.7. The van der Waals surface area contributed by atoms with Gasteiger partial charge in [-0.2, -0.15) is 0 Å². The summed E-state index contributed by atoms with van der Waals surface area (Å²) in [4.78, 5) is 12.1. The summed E-state index contributed by atoms with van der Waals surface area (Å²) in [6.07, 6.45) is 3.89. The van der Waals surface area contributed by atoms with Crippen LogP contribution in [0.5, 0.6) is 0 Å². The summed E-state index contributed by atoms with van der Waals surface area (Å²) >= 11 is 5.64. The summed E-state index contributed by atoms with van der Waals surface area (Å²) in [6, 6.07) is 14.3. The van der Waals surface area contributed by atoms with E-state index >= 15 is 0 Å². The lowest BCUT2D eigenvalue weighted by Crippen LogP contribution is -2.13. The van der Waals surface area contributed by atoms with E-state index in [0.717, 1.165) is 5.69 Å². The number of aromatic nitrogens is 3. The van der Waals surface area contributed by atoms with Crippen molar-refractivity contribution in [3.05, 3.63) is 71.6 Å². The van der Waals surface area contributed by atoms with Crippen LogP contribution in [0, 0.1) is 0 Å². The first-order valence-electron chi connectivity index (χ1n) is 6.26. The van der Waals surface area contributed by atoms with Crippen LogP contribution in [0.15, 0.2) is 60.9 Å². The minimum Gasteiger partial charge on any atom is -0.324 e. The highest BCUT2D eigenvalue weighted by Gasteiger charge is 2.07. The number of carbonyl (C=O) groups excluding carboxylic acids is 1. The Labute approximate surface area is 126 Å². The number of amides is 1. The molecule has 2 aromatic heterocycles. The molecule has 0 bridgehead atoms. The molecule has 0 aliphatic heterocycles. The molecule has 0 fully saturated rings. The number of nitrogens with zero attached hydrogens (tertiary/aromatic N) is 3. The van der Waals surface area contributed by atoms with Crippen molar-refractivity contribution in [1.29, 1.82) is 0 Å². The second-order valence-corrected chi connectivity index (χ2v) is 4.72. The van der Waals surface area contributed by atoms with Crippen LogP contribution in [0.1, 0.15) is 10.4 Å². The third kappa shape index (κ3) is 3.09. The Morgan fingerprint density at radius 1 is 1.00 bits per heavy atom. The molecule has 0 spiro atoms. The van der Waals surface area contributed by atoms with E-state index in [1.165, 1.54) is 0 Å². The van der Waals surface area contributed by atoms with Crippen molar-refractivity contribution in [3.63, 3.8) is 0 Å². The van der Waals surface area contributed by atoms with E-state index in [1.807, 2.05) is 41.2 Å². The van der Waals surface area contributed by atoms with Crippen molar-refractivity contribution in [2.75, 3.05) is 5.32 Å². The third-order valence-electron chi connectivity index (χ3n) is 2.91. The molecule has 0 saturated heterocycles. The maximum atomic E-state index is 12.1. The molecular weight excluding hydrogens is 288 g/mol. The van der Waals surface area contributed by atoms with Crippen molar-refractivity contribution in [3.8, 4) is 5.69 Å². The maximum Gasteiger partial charge on any atom is 0.256 e. The summed E-state index contributed by atoms with van der Waals surface area (Å²) in [6.45, 7) is 0. The zero-order valence-electron chi connectivity index (χ0n) is 10.9. The van der Waals surface area contributed by atoms with Crippen LogP contribution in [0.3, 0.4) is 0 Å². The molecule has 0 saturated carbocycles. The van der Waals surface area contributed by atoms with Crippen LogP contribution in [0.4, 0.5) is 5.82 Å². The Morgan fingerprint density at radius 3 is 2.33 bits per heavy atom. The van der Waals surface area contributed by atoms with E-state index < -0.39 is 0 Å². The molecular formula is C15H11ClN4O. The molecule has 3 aromatic rings. The lowest BCUT2D eigenvalue weighted by Gasteiger charge is -2.06. The SMILES string of the molecule is O=C(Nc1ccc(Cl)nn1)c1ccc(-n2cccc2)cc1. The number of nitrogens with one attached hydrogen (secondary N) is 1. The monoisotopic (exact) mass is 298 g/mol. The highest BCUT2D eigenvalue weighted by atomic mass is 35.5. The molecule has 5 nitrogen and oxygen atoms in total. The molecule has 1 N–H and O–H groups in total.